The van der Waals surface area contributed by atoms with Crippen LogP contribution in [0.2, 0.25) is 0 Å². The Kier molecular flexibility index (Phi) is 3.84. The molecule has 1 rings (SSSR count). The maximum Gasteiger partial charge on any atom is 0.332 e. The molecule has 0 aliphatic carbocycles. The topological polar surface area (TPSA) is 81.7 Å². The fourth-order valence-corrected chi connectivity index (χ4v) is 1.06. The minimum absolute atomic E-state index is 0.148. The SMILES string of the molecule is COC(=O)/C=C/C(=O)OC1CCC(=O)N1. The number of carbonyl (C=O) groups excluding carboxylic acids is 3. The minimum Gasteiger partial charge on any atom is -0.466 e. The van der Waals surface area contributed by atoms with Gasteiger partial charge >= 0.3 is 11.9 Å². The van der Waals surface area contributed by atoms with Gasteiger partial charge in [-0.3, -0.25) is 4.79 Å². The molecular formula is C9H11NO5. The molecule has 0 aromatic rings. The minimum atomic E-state index is -0.687. The molecule has 1 heterocycles. The normalized spacial score (nSPS) is 20.1. The van der Waals surface area contributed by atoms with Gasteiger partial charge in [0.25, 0.3) is 0 Å². The standard InChI is InChI=1S/C9H11NO5/c1-14-8(12)4-5-9(13)15-7-3-2-6(11)10-7/h4-5,7H,2-3H2,1H3,(H,10,11)/b5-4+. The van der Waals surface area contributed by atoms with Crippen LogP contribution < -0.4 is 5.32 Å². The van der Waals surface area contributed by atoms with Gasteiger partial charge in [-0.1, -0.05) is 0 Å². The van der Waals surface area contributed by atoms with Crippen molar-refractivity contribution < 1.29 is 23.9 Å². The molecular weight excluding hydrogens is 202 g/mol. The highest BCUT2D eigenvalue weighted by Crippen LogP contribution is 2.07. The van der Waals surface area contributed by atoms with Gasteiger partial charge < -0.3 is 14.8 Å². The van der Waals surface area contributed by atoms with Crippen molar-refractivity contribution in [2.75, 3.05) is 7.11 Å². The van der Waals surface area contributed by atoms with E-state index in [1.165, 1.54) is 7.11 Å². The number of esters is 2. The first kappa shape index (κ1) is 11.2. The van der Waals surface area contributed by atoms with E-state index in [1.807, 2.05) is 0 Å². The molecule has 1 saturated heterocycles. The molecule has 0 aromatic carbocycles. The Morgan fingerprint density at radius 3 is 2.60 bits per heavy atom. The van der Waals surface area contributed by atoms with Crippen LogP contribution in [0.5, 0.6) is 0 Å². The Hall–Kier alpha value is -1.85. The van der Waals surface area contributed by atoms with E-state index in [4.69, 9.17) is 4.74 Å². The fourth-order valence-electron chi connectivity index (χ4n) is 1.06. The van der Waals surface area contributed by atoms with E-state index in [-0.39, 0.29) is 5.91 Å². The summed E-state index contributed by atoms with van der Waals surface area (Å²) in [6, 6.07) is 0. The Morgan fingerprint density at radius 2 is 2.07 bits per heavy atom. The lowest BCUT2D eigenvalue weighted by Crippen LogP contribution is -2.29. The van der Waals surface area contributed by atoms with Gasteiger partial charge in [0.1, 0.15) is 0 Å². The maximum atomic E-state index is 11.1. The molecule has 1 N–H and O–H groups in total. The van der Waals surface area contributed by atoms with Crippen molar-refractivity contribution in [3.8, 4) is 0 Å². The van der Waals surface area contributed by atoms with Crippen LogP contribution >= 0.6 is 0 Å². The summed E-state index contributed by atoms with van der Waals surface area (Å²) in [7, 11) is 1.20. The van der Waals surface area contributed by atoms with Gasteiger partial charge in [0.2, 0.25) is 5.91 Å². The van der Waals surface area contributed by atoms with Gasteiger partial charge in [-0.05, 0) is 0 Å². The zero-order valence-electron chi connectivity index (χ0n) is 8.19. The molecule has 0 spiro atoms. The summed E-state index contributed by atoms with van der Waals surface area (Å²) in [5, 5.41) is 2.45. The van der Waals surface area contributed by atoms with Gasteiger partial charge in [-0.25, -0.2) is 9.59 Å². The Balaban J connectivity index is 2.33. The number of methoxy groups -OCH3 is 1. The van der Waals surface area contributed by atoms with Crippen LogP contribution in [0.15, 0.2) is 12.2 Å². The molecule has 0 bridgehead atoms. The molecule has 1 aliphatic rings. The number of rotatable bonds is 3. The molecule has 0 saturated carbocycles. The smallest absolute Gasteiger partial charge is 0.332 e. The van der Waals surface area contributed by atoms with Gasteiger partial charge in [0.05, 0.1) is 7.11 Å². The number of amides is 1. The number of hydrogen-bond acceptors (Lipinski definition) is 5. The van der Waals surface area contributed by atoms with Crippen molar-refractivity contribution in [3.63, 3.8) is 0 Å². The molecule has 1 atom stereocenters. The van der Waals surface area contributed by atoms with Crippen LogP contribution in [0.4, 0.5) is 0 Å². The van der Waals surface area contributed by atoms with Crippen LogP contribution in [0.1, 0.15) is 12.8 Å². The van der Waals surface area contributed by atoms with Crippen molar-refractivity contribution in [1.29, 1.82) is 0 Å². The third kappa shape index (κ3) is 3.80. The zero-order chi connectivity index (χ0) is 11.3. The van der Waals surface area contributed by atoms with Gasteiger partial charge in [0.15, 0.2) is 6.23 Å². The number of carbonyl (C=O) groups is 3. The van der Waals surface area contributed by atoms with E-state index in [0.29, 0.717) is 12.8 Å². The van der Waals surface area contributed by atoms with E-state index in [9.17, 15) is 14.4 Å². The van der Waals surface area contributed by atoms with Gasteiger partial charge in [-0.15, -0.1) is 0 Å². The van der Waals surface area contributed by atoms with Crippen LogP contribution in [0.3, 0.4) is 0 Å². The summed E-state index contributed by atoms with van der Waals surface area (Å²) in [5.41, 5.74) is 0. The molecule has 15 heavy (non-hydrogen) atoms. The van der Waals surface area contributed by atoms with Gasteiger partial charge in [-0.2, -0.15) is 0 Å². The average Bonchev–Trinajstić information content (AvgIpc) is 2.60. The van der Waals surface area contributed by atoms with E-state index in [0.717, 1.165) is 12.2 Å². The van der Waals surface area contributed by atoms with Crippen molar-refractivity contribution >= 4 is 17.8 Å². The largest absolute Gasteiger partial charge is 0.466 e. The molecule has 0 radical (unpaired) electrons. The molecule has 82 valence electrons. The van der Waals surface area contributed by atoms with Crippen molar-refractivity contribution in [1.82, 2.24) is 5.32 Å². The molecule has 1 amide bonds. The number of nitrogens with one attached hydrogen (secondary N) is 1. The van der Waals surface area contributed by atoms with Crippen molar-refractivity contribution in [3.05, 3.63) is 12.2 Å². The zero-order valence-corrected chi connectivity index (χ0v) is 8.19. The molecule has 1 unspecified atom stereocenters. The Bertz CT molecular complexity index is 310. The van der Waals surface area contributed by atoms with E-state index in [1.54, 1.807) is 0 Å². The number of ether oxygens (including phenoxy) is 2. The maximum absolute atomic E-state index is 11.1. The second-order valence-electron chi connectivity index (χ2n) is 2.89. The summed E-state index contributed by atoms with van der Waals surface area (Å²) >= 11 is 0. The van der Waals surface area contributed by atoms with Crippen LogP contribution in [0.25, 0.3) is 0 Å². The van der Waals surface area contributed by atoms with Crippen LogP contribution in [-0.2, 0) is 23.9 Å². The third-order valence-corrected chi connectivity index (χ3v) is 1.77. The first-order valence-corrected chi connectivity index (χ1v) is 4.38. The highest BCUT2D eigenvalue weighted by atomic mass is 16.6. The molecule has 0 aromatic heterocycles. The molecule has 1 aliphatic heterocycles. The lowest BCUT2D eigenvalue weighted by atomic mass is 10.3. The summed E-state index contributed by atoms with van der Waals surface area (Å²) in [6.07, 6.45) is 2.12. The Labute approximate surface area is 86.2 Å². The molecule has 1 fully saturated rings. The Morgan fingerprint density at radius 1 is 1.40 bits per heavy atom. The molecule has 6 nitrogen and oxygen atoms in total. The fraction of sp³-hybridized carbons (Fsp3) is 0.444. The van der Waals surface area contributed by atoms with Crippen molar-refractivity contribution in [2.24, 2.45) is 0 Å². The van der Waals surface area contributed by atoms with E-state index >= 15 is 0 Å². The predicted octanol–water partition coefficient (Wildman–Crippen LogP) is -0.505. The highest BCUT2D eigenvalue weighted by molar-refractivity contribution is 5.91. The quantitative estimate of drug-likeness (QED) is 0.504. The first-order valence-electron chi connectivity index (χ1n) is 4.38. The summed E-state index contributed by atoms with van der Waals surface area (Å²) < 4.78 is 9.10. The van der Waals surface area contributed by atoms with Crippen LogP contribution in [-0.4, -0.2) is 31.2 Å². The lowest BCUT2D eigenvalue weighted by Gasteiger charge is -2.08. The van der Waals surface area contributed by atoms with Crippen molar-refractivity contribution in [2.45, 2.75) is 19.1 Å². The third-order valence-electron chi connectivity index (χ3n) is 1.77. The van der Waals surface area contributed by atoms with Gasteiger partial charge in [0, 0.05) is 25.0 Å². The molecule has 6 heteroatoms. The summed E-state index contributed by atoms with van der Waals surface area (Å²) in [5.74, 6) is -1.47. The summed E-state index contributed by atoms with van der Waals surface area (Å²) in [4.78, 5) is 32.4. The van der Waals surface area contributed by atoms with E-state index < -0.39 is 18.2 Å². The number of hydrogen-bond donors (Lipinski definition) is 1. The highest BCUT2D eigenvalue weighted by Gasteiger charge is 2.23. The first-order chi connectivity index (χ1) is 7.11. The predicted molar refractivity (Wildman–Crippen MR) is 48.4 cm³/mol. The average molecular weight is 213 g/mol. The second-order valence-corrected chi connectivity index (χ2v) is 2.89. The summed E-state index contributed by atoms with van der Waals surface area (Å²) in [6.45, 7) is 0. The monoisotopic (exact) mass is 213 g/mol. The van der Waals surface area contributed by atoms with E-state index in [2.05, 4.69) is 10.1 Å². The van der Waals surface area contributed by atoms with Crippen LogP contribution in [0, 0.1) is 0 Å². The lowest BCUT2D eigenvalue weighted by molar-refractivity contribution is -0.145. The second kappa shape index (κ2) is 5.14.